The molecule has 144 valence electrons. The Hall–Kier alpha value is -3.64. The molecule has 0 atom stereocenters. The summed E-state index contributed by atoms with van der Waals surface area (Å²) in [5, 5.41) is 0. The number of rotatable bonds is 6. The van der Waals surface area contributed by atoms with E-state index in [1.807, 2.05) is 109 Å². The summed E-state index contributed by atoms with van der Waals surface area (Å²) >= 11 is 0. The van der Waals surface area contributed by atoms with Crippen LogP contribution < -0.4 is 25.9 Å². The summed E-state index contributed by atoms with van der Waals surface area (Å²) in [6.45, 7) is 0. The second kappa shape index (κ2) is 8.16. The summed E-state index contributed by atoms with van der Waals surface area (Å²) in [7, 11) is 0. The van der Waals surface area contributed by atoms with Crippen LogP contribution in [-0.4, -0.2) is 0 Å². The fraction of sp³-hybridized carbons (Fsp3) is 0. The van der Waals surface area contributed by atoms with Gasteiger partial charge < -0.3 is 9.47 Å². The third-order valence-corrected chi connectivity index (χ3v) is 4.49. The molecule has 0 saturated carbocycles. The highest BCUT2D eigenvalue weighted by Gasteiger charge is 2.25. The number of hydrogen-bond acceptors (Lipinski definition) is 4. The third-order valence-electron chi connectivity index (χ3n) is 4.49. The van der Waals surface area contributed by atoms with Crippen LogP contribution in [-0.2, 0) is 0 Å². The smallest absolute Gasteiger partial charge is 0.176 e. The first kappa shape index (κ1) is 18.7. The molecule has 0 aromatic heterocycles. The van der Waals surface area contributed by atoms with E-state index in [9.17, 15) is 0 Å². The van der Waals surface area contributed by atoms with Gasteiger partial charge in [0, 0.05) is 24.3 Å². The lowest BCUT2D eigenvalue weighted by Crippen LogP contribution is -2.57. The average Bonchev–Trinajstić information content (AvgIpc) is 2.76. The first-order valence-corrected chi connectivity index (χ1v) is 9.24. The van der Waals surface area contributed by atoms with Crippen LogP contribution >= 0.6 is 0 Å². The number of nitrogens with zero attached hydrogens (tertiary/aromatic N) is 1. The van der Waals surface area contributed by atoms with Crippen molar-refractivity contribution in [3.05, 3.63) is 109 Å². The van der Waals surface area contributed by atoms with Gasteiger partial charge in [-0.05, 0) is 48.5 Å². The van der Waals surface area contributed by atoms with E-state index >= 15 is 0 Å². The number of nitrogens with two attached hydrogens (primary N) is 2. The minimum absolute atomic E-state index is 0.378. The Labute approximate surface area is 169 Å². The zero-order chi connectivity index (χ0) is 20.1. The summed E-state index contributed by atoms with van der Waals surface area (Å²) in [5.74, 6) is 15.8. The lowest BCUT2D eigenvalue weighted by Gasteiger charge is -2.25. The van der Waals surface area contributed by atoms with E-state index in [0.717, 1.165) is 22.9 Å². The summed E-state index contributed by atoms with van der Waals surface area (Å²) in [5.41, 5.74) is 1.45. The molecule has 4 rings (SSSR count). The molecule has 0 bridgehead atoms. The van der Waals surface area contributed by atoms with Crippen molar-refractivity contribution in [2.75, 3.05) is 0 Å². The Balaban J connectivity index is 1.48. The van der Waals surface area contributed by atoms with Crippen molar-refractivity contribution in [2.24, 2.45) is 11.7 Å². The molecule has 0 fully saturated rings. The minimum Gasteiger partial charge on any atom is -0.457 e. The summed E-state index contributed by atoms with van der Waals surface area (Å²) < 4.78 is 11.3. The van der Waals surface area contributed by atoms with Gasteiger partial charge in [-0.1, -0.05) is 36.4 Å². The standard InChI is InChI=1S/C24H22N3O2/c25-27(26,19-11-15-23(16-12-19)28-21-7-3-1-4-8-21)20-13-17-24(18-14-20)29-22-9-5-2-6-10-22/h1-18H,25-26H2/q+1. The number of quaternary nitrogens is 1. The van der Waals surface area contributed by atoms with E-state index in [-0.39, 0.29) is 4.70 Å². The van der Waals surface area contributed by atoms with Crippen molar-refractivity contribution >= 4 is 11.4 Å². The Morgan fingerprint density at radius 1 is 0.414 bits per heavy atom. The molecule has 5 heteroatoms. The molecule has 0 aliphatic rings. The largest absolute Gasteiger partial charge is 0.457 e. The Morgan fingerprint density at radius 3 is 1.07 bits per heavy atom. The van der Waals surface area contributed by atoms with E-state index in [4.69, 9.17) is 21.2 Å². The van der Waals surface area contributed by atoms with Gasteiger partial charge in [0.1, 0.15) is 23.0 Å². The first-order chi connectivity index (χ1) is 14.1. The summed E-state index contributed by atoms with van der Waals surface area (Å²) in [4.78, 5) is 0. The van der Waals surface area contributed by atoms with E-state index in [1.165, 1.54) is 0 Å². The van der Waals surface area contributed by atoms with Gasteiger partial charge in [-0.15, -0.1) is 4.70 Å². The highest BCUT2D eigenvalue weighted by atomic mass is 16.5. The van der Waals surface area contributed by atoms with Gasteiger partial charge in [-0.2, -0.15) is 11.7 Å². The van der Waals surface area contributed by atoms with Crippen molar-refractivity contribution < 1.29 is 9.47 Å². The van der Waals surface area contributed by atoms with Crippen LogP contribution in [0, 0.1) is 0 Å². The van der Waals surface area contributed by atoms with Gasteiger partial charge in [-0.3, -0.25) is 0 Å². The SMILES string of the molecule is N[N+](N)(c1ccc(Oc2ccccc2)cc1)c1ccc(Oc2ccccc2)cc1. The second-order valence-electron chi connectivity index (χ2n) is 6.60. The van der Waals surface area contributed by atoms with E-state index in [0.29, 0.717) is 11.5 Å². The van der Waals surface area contributed by atoms with Crippen LogP contribution in [0.3, 0.4) is 0 Å². The van der Waals surface area contributed by atoms with Crippen LogP contribution in [0.5, 0.6) is 23.0 Å². The van der Waals surface area contributed by atoms with Crippen molar-refractivity contribution in [2.45, 2.75) is 0 Å². The van der Waals surface area contributed by atoms with Crippen LogP contribution in [0.4, 0.5) is 11.4 Å². The molecule has 0 heterocycles. The van der Waals surface area contributed by atoms with Gasteiger partial charge in [0.25, 0.3) is 0 Å². The molecule has 4 aromatic rings. The molecule has 0 aliphatic carbocycles. The summed E-state index contributed by atoms with van der Waals surface area (Å²) in [6, 6.07) is 34.0. The summed E-state index contributed by atoms with van der Waals surface area (Å²) in [6.07, 6.45) is 0. The molecule has 0 saturated heterocycles. The Morgan fingerprint density at radius 2 is 0.724 bits per heavy atom. The van der Waals surface area contributed by atoms with Crippen LogP contribution in [0.25, 0.3) is 0 Å². The number of ether oxygens (including phenoxy) is 2. The fourth-order valence-corrected chi connectivity index (χ4v) is 2.92. The predicted molar refractivity (Wildman–Crippen MR) is 116 cm³/mol. The highest BCUT2D eigenvalue weighted by molar-refractivity contribution is 5.58. The predicted octanol–water partition coefficient (Wildman–Crippen LogP) is 5.66. The molecule has 0 unspecified atom stereocenters. The van der Waals surface area contributed by atoms with E-state index < -0.39 is 0 Å². The quantitative estimate of drug-likeness (QED) is 0.256. The van der Waals surface area contributed by atoms with Crippen LogP contribution in [0.1, 0.15) is 0 Å². The Kier molecular flexibility index (Phi) is 5.27. The molecule has 4 aromatic carbocycles. The molecule has 5 nitrogen and oxygen atoms in total. The molecule has 29 heavy (non-hydrogen) atoms. The zero-order valence-corrected chi connectivity index (χ0v) is 15.8. The van der Waals surface area contributed by atoms with Gasteiger partial charge in [0.2, 0.25) is 0 Å². The van der Waals surface area contributed by atoms with E-state index in [1.54, 1.807) is 0 Å². The number of hydrogen-bond donors (Lipinski definition) is 2. The topological polar surface area (TPSA) is 70.5 Å². The highest BCUT2D eigenvalue weighted by Crippen LogP contribution is 2.31. The molecule has 0 amide bonds. The van der Waals surface area contributed by atoms with Crippen molar-refractivity contribution in [1.29, 1.82) is 0 Å². The maximum absolute atomic E-state index is 6.40. The van der Waals surface area contributed by atoms with Crippen LogP contribution in [0.15, 0.2) is 109 Å². The lowest BCUT2D eigenvalue weighted by molar-refractivity contribution is 0.415. The zero-order valence-electron chi connectivity index (χ0n) is 15.8. The normalized spacial score (nSPS) is 11.1. The van der Waals surface area contributed by atoms with E-state index in [2.05, 4.69) is 0 Å². The molecular weight excluding hydrogens is 362 g/mol. The van der Waals surface area contributed by atoms with Gasteiger partial charge in [-0.25, -0.2) is 0 Å². The van der Waals surface area contributed by atoms with Crippen molar-refractivity contribution in [1.82, 2.24) is 4.70 Å². The molecule has 0 aliphatic heterocycles. The molecule has 0 radical (unpaired) electrons. The molecular formula is C24H22N3O2+. The monoisotopic (exact) mass is 384 g/mol. The van der Waals surface area contributed by atoms with Crippen LogP contribution in [0.2, 0.25) is 0 Å². The van der Waals surface area contributed by atoms with Crippen molar-refractivity contribution in [3.63, 3.8) is 0 Å². The third kappa shape index (κ3) is 4.44. The van der Waals surface area contributed by atoms with Crippen molar-refractivity contribution in [3.8, 4) is 23.0 Å². The van der Waals surface area contributed by atoms with Gasteiger partial charge in [0.05, 0.1) is 0 Å². The Bertz CT molecular complexity index is 962. The second-order valence-corrected chi connectivity index (χ2v) is 6.60. The molecule has 0 spiro atoms. The number of para-hydroxylation sites is 2. The maximum Gasteiger partial charge on any atom is 0.176 e. The first-order valence-electron chi connectivity index (χ1n) is 9.24. The number of benzene rings is 4. The lowest BCUT2D eigenvalue weighted by atomic mass is 10.2. The minimum atomic E-state index is -0.378. The van der Waals surface area contributed by atoms with Gasteiger partial charge >= 0.3 is 0 Å². The molecule has 4 N–H and O–H groups in total. The maximum atomic E-state index is 6.40. The van der Waals surface area contributed by atoms with Gasteiger partial charge in [0.15, 0.2) is 11.4 Å². The fourth-order valence-electron chi connectivity index (χ4n) is 2.92. The average molecular weight is 384 g/mol.